The molecule has 152 valence electrons. The number of nitrogens with zero attached hydrogens (tertiary/aromatic N) is 1. The normalized spacial score (nSPS) is 11.8. The number of benzene rings is 2. The van der Waals surface area contributed by atoms with Gasteiger partial charge in [0.2, 0.25) is 0 Å². The van der Waals surface area contributed by atoms with E-state index in [1.165, 1.54) is 6.08 Å². The van der Waals surface area contributed by atoms with Crippen molar-refractivity contribution in [2.24, 2.45) is 0 Å². The molecule has 1 heterocycles. The number of amides is 1. The molecular formula is C21H11Cl2F3N2O2. The molecule has 0 bridgehead atoms. The highest BCUT2D eigenvalue weighted by Crippen LogP contribution is 2.36. The van der Waals surface area contributed by atoms with Gasteiger partial charge in [-0.2, -0.15) is 18.4 Å². The fourth-order valence-corrected chi connectivity index (χ4v) is 3.06. The molecule has 0 fully saturated rings. The second-order valence-electron chi connectivity index (χ2n) is 6.00. The van der Waals surface area contributed by atoms with Gasteiger partial charge in [0.25, 0.3) is 5.91 Å². The molecule has 1 amide bonds. The van der Waals surface area contributed by atoms with Crippen molar-refractivity contribution in [3.8, 4) is 17.4 Å². The molecule has 3 rings (SSSR count). The van der Waals surface area contributed by atoms with Crippen LogP contribution in [0.3, 0.4) is 0 Å². The van der Waals surface area contributed by atoms with Gasteiger partial charge in [0.05, 0.1) is 15.6 Å². The molecule has 0 aliphatic heterocycles. The van der Waals surface area contributed by atoms with Crippen LogP contribution in [0, 0.1) is 11.3 Å². The van der Waals surface area contributed by atoms with Gasteiger partial charge in [0, 0.05) is 17.3 Å². The lowest BCUT2D eigenvalue weighted by atomic mass is 10.1. The van der Waals surface area contributed by atoms with Crippen LogP contribution in [0.1, 0.15) is 11.3 Å². The van der Waals surface area contributed by atoms with Crippen LogP contribution in [0.2, 0.25) is 10.0 Å². The van der Waals surface area contributed by atoms with Crippen molar-refractivity contribution in [2.75, 3.05) is 5.32 Å². The summed E-state index contributed by atoms with van der Waals surface area (Å²) in [7, 11) is 0. The summed E-state index contributed by atoms with van der Waals surface area (Å²) in [5.41, 5.74) is -0.691. The topological polar surface area (TPSA) is 66.0 Å². The first kappa shape index (κ1) is 21.5. The molecule has 0 radical (unpaired) electrons. The number of anilines is 1. The maximum absolute atomic E-state index is 12.8. The van der Waals surface area contributed by atoms with Gasteiger partial charge >= 0.3 is 6.18 Å². The Bertz CT molecular complexity index is 1180. The summed E-state index contributed by atoms with van der Waals surface area (Å²) in [6, 6.07) is 14.7. The maximum Gasteiger partial charge on any atom is 0.417 e. The number of halogens is 5. The summed E-state index contributed by atoms with van der Waals surface area (Å²) in [5, 5.41) is 11.5. The van der Waals surface area contributed by atoms with Gasteiger partial charge in [-0.05, 0) is 42.5 Å². The molecular weight excluding hydrogens is 440 g/mol. The van der Waals surface area contributed by atoms with Gasteiger partial charge in [-0.15, -0.1) is 0 Å². The second-order valence-corrected chi connectivity index (χ2v) is 6.81. The Hall–Kier alpha value is -3.21. The van der Waals surface area contributed by atoms with Crippen molar-refractivity contribution < 1.29 is 22.4 Å². The Balaban J connectivity index is 1.80. The van der Waals surface area contributed by atoms with E-state index in [1.807, 2.05) is 0 Å². The third kappa shape index (κ3) is 4.85. The van der Waals surface area contributed by atoms with Crippen LogP contribution < -0.4 is 5.32 Å². The number of carbonyl (C=O) groups excluding carboxylic acids is 1. The summed E-state index contributed by atoms with van der Waals surface area (Å²) in [6.45, 7) is 0. The van der Waals surface area contributed by atoms with E-state index in [0.717, 1.165) is 18.2 Å². The first-order valence-electron chi connectivity index (χ1n) is 8.33. The van der Waals surface area contributed by atoms with E-state index in [9.17, 15) is 23.2 Å². The number of furan rings is 1. The number of hydrogen-bond donors (Lipinski definition) is 1. The van der Waals surface area contributed by atoms with Crippen LogP contribution in [0.15, 0.2) is 64.6 Å². The first-order chi connectivity index (χ1) is 14.2. The monoisotopic (exact) mass is 450 g/mol. The number of nitriles is 1. The van der Waals surface area contributed by atoms with E-state index in [1.54, 1.807) is 42.5 Å². The summed E-state index contributed by atoms with van der Waals surface area (Å²) < 4.78 is 43.9. The SMILES string of the molecule is N#C/C(=C\c1ccc(-c2ccccc2Cl)o1)C(=O)Nc1ccc(C(F)(F)F)c(Cl)c1. The molecule has 0 spiro atoms. The quantitative estimate of drug-likeness (QED) is 0.350. The molecule has 4 nitrogen and oxygen atoms in total. The maximum atomic E-state index is 12.8. The van der Waals surface area contributed by atoms with Crippen LogP contribution in [-0.4, -0.2) is 5.91 Å². The minimum atomic E-state index is -4.62. The Morgan fingerprint density at radius 1 is 1.07 bits per heavy atom. The second kappa shape index (κ2) is 8.66. The van der Waals surface area contributed by atoms with Gasteiger partial charge in [-0.25, -0.2) is 0 Å². The van der Waals surface area contributed by atoms with Crippen molar-refractivity contribution in [3.05, 3.63) is 81.5 Å². The molecule has 9 heteroatoms. The molecule has 2 aromatic carbocycles. The largest absolute Gasteiger partial charge is 0.457 e. The van der Waals surface area contributed by atoms with E-state index in [2.05, 4.69) is 5.32 Å². The zero-order valence-electron chi connectivity index (χ0n) is 14.9. The molecule has 1 N–H and O–H groups in total. The predicted octanol–water partition coefficient (Wildman–Crippen LogP) is 6.82. The van der Waals surface area contributed by atoms with E-state index in [4.69, 9.17) is 27.6 Å². The van der Waals surface area contributed by atoms with Crippen LogP contribution >= 0.6 is 23.2 Å². The minimum absolute atomic E-state index is 0.00958. The molecule has 0 atom stereocenters. The number of carbonyl (C=O) groups is 1. The lowest BCUT2D eigenvalue weighted by Gasteiger charge is -2.10. The zero-order chi connectivity index (χ0) is 21.9. The standard InChI is InChI=1S/C21H11Cl2F3N2O2/c22-17-4-2-1-3-15(17)19-8-6-14(30-19)9-12(11-27)20(29)28-13-5-7-16(18(23)10-13)21(24,25)26/h1-10H,(H,28,29)/b12-9+. The predicted molar refractivity (Wildman–Crippen MR) is 108 cm³/mol. The molecule has 1 aromatic heterocycles. The Morgan fingerprint density at radius 2 is 1.80 bits per heavy atom. The molecule has 0 saturated carbocycles. The zero-order valence-corrected chi connectivity index (χ0v) is 16.4. The third-order valence-electron chi connectivity index (χ3n) is 3.95. The molecule has 0 unspecified atom stereocenters. The first-order valence-corrected chi connectivity index (χ1v) is 9.09. The van der Waals surface area contributed by atoms with E-state index < -0.39 is 22.7 Å². The lowest BCUT2D eigenvalue weighted by Crippen LogP contribution is -2.14. The van der Waals surface area contributed by atoms with Gasteiger partial charge in [0.1, 0.15) is 23.2 Å². The van der Waals surface area contributed by atoms with Gasteiger partial charge in [0.15, 0.2) is 0 Å². The Morgan fingerprint density at radius 3 is 2.43 bits per heavy atom. The fraction of sp³-hybridized carbons (Fsp3) is 0.0476. The minimum Gasteiger partial charge on any atom is -0.457 e. The van der Waals surface area contributed by atoms with Gasteiger partial charge in [-0.1, -0.05) is 35.3 Å². The highest BCUT2D eigenvalue weighted by Gasteiger charge is 2.33. The molecule has 3 aromatic rings. The van der Waals surface area contributed by atoms with Crippen LogP contribution in [0.25, 0.3) is 17.4 Å². The van der Waals surface area contributed by atoms with Crippen molar-refractivity contribution in [3.63, 3.8) is 0 Å². The van der Waals surface area contributed by atoms with Gasteiger partial charge in [-0.3, -0.25) is 4.79 Å². The number of rotatable bonds is 4. The number of nitrogens with one attached hydrogen (secondary N) is 1. The smallest absolute Gasteiger partial charge is 0.417 e. The highest BCUT2D eigenvalue weighted by atomic mass is 35.5. The summed E-state index contributed by atoms with van der Waals surface area (Å²) in [6.07, 6.45) is -3.41. The molecule has 0 saturated heterocycles. The van der Waals surface area contributed by atoms with Crippen molar-refractivity contribution in [1.29, 1.82) is 5.26 Å². The van der Waals surface area contributed by atoms with E-state index >= 15 is 0 Å². The van der Waals surface area contributed by atoms with Crippen LogP contribution in [0.4, 0.5) is 18.9 Å². The van der Waals surface area contributed by atoms with Gasteiger partial charge < -0.3 is 9.73 Å². The summed E-state index contributed by atoms with van der Waals surface area (Å²) in [5.74, 6) is -0.162. The van der Waals surface area contributed by atoms with E-state index in [0.29, 0.717) is 16.3 Å². The third-order valence-corrected chi connectivity index (χ3v) is 4.59. The van der Waals surface area contributed by atoms with Crippen molar-refractivity contribution >= 4 is 40.9 Å². The number of alkyl halides is 3. The average molecular weight is 451 g/mol. The number of hydrogen-bond acceptors (Lipinski definition) is 3. The Labute approximate surface area is 179 Å². The van der Waals surface area contributed by atoms with Crippen LogP contribution in [0.5, 0.6) is 0 Å². The fourth-order valence-electron chi connectivity index (χ4n) is 2.55. The van der Waals surface area contributed by atoms with Crippen LogP contribution in [-0.2, 0) is 11.0 Å². The van der Waals surface area contributed by atoms with Crippen molar-refractivity contribution in [2.45, 2.75) is 6.18 Å². The van der Waals surface area contributed by atoms with E-state index in [-0.39, 0.29) is 17.0 Å². The molecule has 30 heavy (non-hydrogen) atoms. The molecule has 0 aliphatic carbocycles. The average Bonchev–Trinajstić information content (AvgIpc) is 3.13. The van der Waals surface area contributed by atoms with Crippen molar-refractivity contribution in [1.82, 2.24) is 0 Å². The summed E-state index contributed by atoms with van der Waals surface area (Å²) >= 11 is 11.8. The summed E-state index contributed by atoms with van der Waals surface area (Å²) in [4.78, 5) is 12.3. The highest BCUT2D eigenvalue weighted by molar-refractivity contribution is 6.33. The Kier molecular flexibility index (Phi) is 6.20. The lowest BCUT2D eigenvalue weighted by molar-refractivity contribution is -0.137. The molecule has 0 aliphatic rings.